The Bertz CT molecular complexity index is 1150. The van der Waals surface area contributed by atoms with Crippen LogP contribution in [0.2, 0.25) is 0 Å². The minimum Gasteiger partial charge on any atom is -0.493 e. The standard InChI is InChI=1S/C25H35N5O4/c1-16-11-17(2)30(28-16)10-8-26-14-18-12-20-21(13-22(32-3)24(34-5)23(20)33-4)27-25(18)29-9-6-7-19(31)15-29/h11-13,19,26,31H,6-10,14-15H2,1-5H3/t19-/m1/s1. The summed E-state index contributed by atoms with van der Waals surface area (Å²) in [6.45, 7) is 7.69. The van der Waals surface area contributed by atoms with Gasteiger partial charge in [-0.3, -0.25) is 4.68 Å². The van der Waals surface area contributed by atoms with Crippen LogP contribution in [-0.2, 0) is 13.1 Å². The largest absolute Gasteiger partial charge is 0.493 e. The van der Waals surface area contributed by atoms with Crippen LogP contribution in [0.15, 0.2) is 18.2 Å². The van der Waals surface area contributed by atoms with Crippen LogP contribution in [0.4, 0.5) is 5.82 Å². The zero-order valence-electron chi connectivity index (χ0n) is 20.7. The lowest BCUT2D eigenvalue weighted by atomic mass is 10.1. The molecule has 184 valence electrons. The van der Waals surface area contributed by atoms with Gasteiger partial charge in [0.1, 0.15) is 5.82 Å². The molecule has 0 bridgehead atoms. The van der Waals surface area contributed by atoms with Crippen molar-refractivity contribution in [3.8, 4) is 17.2 Å². The van der Waals surface area contributed by atoms with E-state index in [-0.39, 0.29) is 6.10 Å². The number of aromatic nitrogens is 3. The molecular weight excluding hydrogens is 434 g/mol. The van der Waals surface area contributed by atoms with Crippen LogP contribution in [0.3, 0.4) is 0 Å². The van der Waals surface area contributed by atoms with E-state index < -0.39 is 0 Å². The highest BCUT2D eigenvalue weighted by Gasteiger charge is 2.24. The molecule has 3 heterocycles. The second-order valence-corrected chi connectivity index (χ2v) is 8.75. The van der Waals surface area contributed by atoms with Gasteiger partial charge in [0.2, 0.25) is 5.75 Å². The van der Waals surface area contributed by atoms with Gasteiger partial charge in [0.15, 0.2) is 11.5 Å². The highest BCUT2D eigenvalue weighted by Crippen LogP contribution is 2.44. The zero-order valence-corrected chi connectivity index (χ0v) is 20.7. The molecule has 3 aromatic rings. The summed E-state index contributed by atoms with van der Waals surface area (Å²) in [6.07, 6.45) is 1.40. The first kappa shape index (κ1) is 24.1. The Morgan fingerprint density at radius 1 is 1.09 bits per heavy atom. The van der Waals surface area contributed by atoms with Gasteiger partial charge in [0.05, 0.1) is 45.2 Å². The van der Waals surface area contributed by atoms with Gasteiger partial charge in [-0.2, -0.15) is 5.10 Å². The number of aliphatic hydroxyl groups excluding tert-OH is 1. The molecule has 9 nitrogen and oxygen atoms in total. The molecule has 2 aromatic heterocycles. The maximum atomic E-state index is 10.3. The number of aryl methyl sites for hydroxylation is 2. The van der Waals surface area contributed by atoms with Gasteiger partial charge < -0.3 is 29.5 Å². The summed E-state index contributed by atoms with van der Waals surface area (Å²) in [5.74, 6) is 2.58. The number of benzene rings is 1. The quantitative estimate of drug-likeness (QED) is 0.462. The molecule has 0 aliphatic carbocycles. The zero-order chi connectivity index (χ0) is 24.2. The number of aliphatic hydroxyl groups is 1. The summed E-state index contributed by atoms with van der Waals surface area (Å²) in [5, 5.41) is 19.2. The van der Waals surface area contributed by atoms with Gasteiger partial charge in [-0.25, -0.2) is 4.98 Å². The first-order valence-corrected chi connectivity index (χ1v) is 11.7. The first-order valence-electron chi connectivity index (χ1n) is 11.7. The van der Waals surface area contributed by atoms with Crippen molar-refractivity contribution in [1.82, 2.24) is 20.1 Å². The maximum absolute atomic E-state index is 10.3. The maximum Gasteiger partial charge on any atom is 0.204 e. The molecule has 1 aliphatic rings. The highest BCUT2D eigenvalue weighted by atomic mass is 16.5. The summed E-state index contributed by atoms with van der Waals surface area (Å²) in [7, 11) is 4.83. The summed E-state index contributed by atoms with van der Waals surface area (Å²) < 4.78 is 18.8. The predicted molar refractivity (Wildman–Crippen MR) is 132 cm³/mol. The van der Waals surface area contributed by atoms with Crippen molar-refractivity contribution in [2.75, 3.05) is 45.9 Å². The van der Waals surface area contributed by atoms with Crippen molar-refractivity contribution in [2.24, 2.45) is 0 Å². The van der Waals surface area contributed by atoms with E-state index >= 15 is 0 Å². The third kappa shape index (κ3) is 4.90. The molecule has 1 fully saturated rings. The number of rotatable bonds is 9. The SMILES string of the molecule is COc1cc2nc(N3CCC[C@@H](O)C3)c(CNCCn3nc(C)cc3C)cc2c(OC)c1OC. The first-order chi connectivity index (χ1) is 16.4. The Morgan fingerprint density at radius 2 is 1.88 bits per heavy atom. The molecule has 0 radical (unpaired) electrons. The van der Waals surface area contributed by atoms with Gasteiger partial charge in [0, 0.05) is 48.9 Å². The van der Waals surface area contributed by atoms with Crippen LogP contribution in [0, 0.1) is 13.8 Å². The predicted octanol–water partition coefficient (Wildman–Crippen LogP) is 2.82. The smallest absolute Gasteiger partial charge is 0.204 e. The monoisotopic (exact) mass is 469 g/mol. The minimum absolute atomic E-state index is 0.349. The number of nitrogens with zero attached hydrogens (tertiary/aromatic N) is 4. The van der Waals surface area contributed by atoms with E-state index in [1.54, 1.807) is 21.3 Å². The molecule has 1 saturated heterocycles. The fourth-order valence-corrected chi connectivity index (χ4v) is 4.68. The number of fused-ring (bicyclic) bond motifs is 1. The molecule has 0 saturated carbocycles. The minimum atomic E-state index is -0.349. The molecule has 9 heteroatoms. The summed E-state index contributed by atoms with van der Waals surface area (Å²) >= 11 is 0. The molecular formula is C25H35N5O4. The number of hydrogen-bond acceptors (Lipinski definition) is 8. The van der Waals surface area contributed by atoms with Crippen LogP contribution in [0.25, 0.3) is 10.9 Å². The fourth-order valence-electron chi connectivity index (χ4n) is 4.68. The van der Waals surface area contributed by atoms with E-state index in [1.807, 2.05) is 17.7 Å². The topological polar surface area (TPSA) is 93.9 Å². The number of methoxy groups -OCH3 is 3. The highest BCUT2D eigenvalue weighted by molar-refractivity contribution is 5.92. The number of β-amino-alcohol motifs (C(OH)–C–C–N with tert-alkyl or cyclic N) is 1. The summed E-state index contributed by atoms with van der Waals surface area (Å²) in [6, 6.07) is 6.07. The molecule has 4 rings (SSSR count). The second kappa shape index (κ2) is 10.5. The normalized spacial score (nSPS) is 16.2. The second-order valence-electron chi connectivity index (χ2n) is 8.75. The van der Waals surface area contributed by atoms with Crippen LogP contribution < -0.4 is 24.4 Å². The molecule has 0 unspecified atom stereocenters. The Hall–Kier alpha value is -3.04. The Kier molecular flexibility index (Phi) is 7.43. The molecule has 1 atom stereocenters. The number of nitrogens with one attached hydrogen (secondary N) is 1. The lowest BCUT2D eigenvalue weighted by Crippen LogP contribution is -2.39. The van der Waals surface area contributed by atoms with Crippen molar-refractivity contribution in [2.45, 2.75) is 45.9 Å². The van der Waals surface area contributed by atoms with E-state index in [9.17, 15) is 5.11 Å². The lowest BCUT2D eigenvalue weighted by Gasteiger charge is -2.32. The van der Waals surface area contributed by atoms with E-state index in [1.165, 1.54) is 0 Å². The van der Waals surface area contributed by atoms with Gasteiger partial charge in [-0.15, -0.1) is 0 Å². The van der Waals surface area contributed by atoms with Crippen molar-refractivity contribution in [1.29, 1.82) is 0 Å². The lowest BCUT2D eigenvalue weighted by molar-refractivity contribution is 0.154. The summed E-state index contributed by atoms with van der Waals surface area (Å²) in [4.78, 5) is 7.20. The fraction of sp³-hybridized carbons (Fsp3) is 0.520. The van der Waals surface area contributed by atoms with Gasteiger partial charge in [-0.1, -0.05) is 0 Å². The molecule has 1 aromatic carbocycles. The van der Waals surface area contributed by atoms with E-state index in [2.05, 4.69) is 34.4 Å². The van der Waals surface area contributed by atoms with Crippen LogP contribution in [-0.4, -0.2) is 66.9 Å². The Balaban J connectivity index is 1.67. The average molecular weight is 470 g/mol. The van der Waals surface area contributed by atoms with Crippen molar-refractivity contribution < 1.29 is 19.3 Å². The number of anilines is 1. The van der Waals surface area contributed by atoms with E-state index in [4.69, 9.17) is 19.2 Å². The number of ether oxygens (including phenoxy) is 3. The Morgan fingerprint density at radius 3 is 2.53 bits per heavy atom. The molecule has 1 aliphatic heterocycles. The average Bonchev–Trinajstić information content (AvgIpc) is 3.16. The number of pyridine rings is 1. The molecule has 2 N–H and O–H groups in total. The summed E-state index contributed by atoms with van der Waals surface area (Å²) in [5.41, 5.74) is 3.98. The Labute approximate surface area is 200 Å². The van der Waals surface area contributed by atoms with Gasteiger partial charge in [0.25, 0.3) is 0 Å². The third-order valence-electron chi connectivity index (χ3n) is 6.29. The molecule has 0 amide bonds. The van der Waals surface area contributed by atoms with Crippen LogP contribution >= 0.6 is 0 Å². The van der Waals surface area contributed by atoms with Crippen molar-refractivity contribution >= 4 is 16.7 Å². The molecule has 0 spiro atoms. The van der Waals surface area contributed by atoms with Crippen LogP contribution in [0.1, 0.15) is 29.8 Å². The van der Waals surface area contributed by atoms with Gasteiger partial charge >= 0.3 is 0 Å². The number of hydrogen-bond donors (Lipinski definition) is 2. The third-order valence-corrected chi connectivity index (χ3v) is 6.29. The van der Waals surface area contributed by atoms with Crippen molar-refractivity contribution in [3.05, 3.63) is 35.2 Å². The van der Waals surface area contributed by atoms with Crippen molar-refractivity contribution in [3.63, 3.8) is 0 Å². The van der Waals surface area contributed by atoms with E-state index in [0.29, 0.717) is 30.3 Å². The van der Waals surface area contributed by atoms with E-state index in [0.717, 1.165) is 66.1 Å². The van der Waals surface area contributed by atoms with Crippen LogP contribution in [0.5, 0.6) is 17.2 Å². The molecule has 34 heavy (non-hydrogen) atoms. The van der Waals surface area contributed by atoms with Gasteiger partial charge in [-0.05, 0) is 38.8 Å². The number of piperidine rings is 1.